The number of nitrogens with zero attached hydrogens (tertiary/aromatic N) is 1. The van der Waals surface area contributed by atoms with Crippen molar-refractivity contribution in [1.82, 2.24) is 9.88 Å². The van der Waals surface area contributed by atoms with E-state index >= 15 is 0 Å². The number of aromatic nitrogens is 1. The van der Waals surface area contributed by atoms with E-state index in [1.165, 1.54) is 6.07 Å². The molecule has 0 spiro atoms. The largest absolute Gasteiger partial charge is 0.460 e. The summed E-state index contributed by atoms with van der Waals surface area (Å²) in [7, 11) is 0. The fourth-order valence-corrected chi connectivity index (χ4v) is 3.53. The molecule has 0 aliphatic heterocycles. The van der Waals surface area contributed by atoms with Crippen LogP contribution in [0.15, 0.2) is 65.1 Å². The molecule has 31 heavy (non-hydrogen) atoms. The highest BCUT2D eigenvalue weighted by Gasteiger charge is 2.30. The molecule has 0 aliphatic carbocycles. The molecule has 0 saturated carbocycles. The van der Waals surface area contributed by atoms with E-state index in [9.17, 15) is 18.0 Å². The van der Waals surface area contributed by atoms with Gasteiger partial charge in [0.25, 0.3) is 5.91 Å². The second kappa shape index (κ2) is 7.98. The number of aryl methyl sites for hydroxylation is 2. The highest BCUT2D eigenvalue weighted by molar-refractivity contribution is 5.97. The lowest BCUT2D eigenvalue weighted by Crippen LogP contribution is -2.25. The molecule has 0 atom stereocenters. The SMILES string of the molecule is Cc1ccc(Cn2c(C(=O)NCc3cccc(C(F)(F)F)c3)cc3oc(C)cc32)cc1. The maximum atomic E-state index is 12.9. The molecule has 0 unspecified atom stereocenters. The summed E-state index contributed by atoms with van der Waals surface area (Å²) in [6.07, 6.45) is -4.43. The van der Waals surface area contributed by atoms with Gasteiger partial charge in [-0.3, -0.25) is 4.79 Å². The summed E-state index contributed by atoms with van der Waals surface area (Å²) in [5, 5.41) is 2.73. The summed E-state index contributed by atoms with van der Waals surface area (Å²) in [6.45, 7) is 4.29. The number of benzene rings is 2. The number of carbonyl (C=O) groups excluding carboxylic acids is 1. The van der Waals surface area contributed by atoms with Crippen molar-refractivity contribution in [3.8, 4) is 0 Å². The van der Waals surface area contributed by atoms with E-state index in [1.807, 2.05) is 48.7 Å². The average Bonchev–Trinajstić information content (AvgIpc) is 3.24. The van der Waals surface area contributed by atoms with Crippen LogP contribution in [0, 0.1) is 13.8 Å². The lowest BCUT2D eigenvalue weighted by molar-refractivity contribution is -0.137. The molecular weight excluding hydrogens is 405 g/mol. The first kappa shape index (κ1) is 20.8. The molecule has 2 aromatic carbocycles. The number of amides is 1. The Morgan fingerprint density at radius 1 is 1.00 bits per heavy atom. The van der Waals surface area contributed by atoms with Gasteiger partial charge in [-0.05, 0) is 37.1 Å². The van der Waals surface area contributed by atoms with Gasteiger partial charge < -0.3 is 14.3 Å². The zero-order chi connectivity index (χ0) is 22.2. The summed E-state index contributed by atoms with van der Waals surface area (Å²) in [5.74, 6) is 0.354. The van der Waals surface area contributed by atoms with Crippen molar-refractivity contribution in [2.24, 2.45) is 0 Å². The van der Waals surface area contributed by atoms with Crippen LogP contribution in [-0.4, -0.2) is 10.5 Å². The Morgan fingerprint density at radius 3 is 2.45 bits per heavy atom. The van der Waals surface area contributed by atoms with E-state index in [1.54, 1.807) is 12.1 Å². The molecule has 4 rings (SSSR count). The Bertz CT molecular complexity index is 1230. The van der Waals surface area contributed by atoms with Crippen LogP contribution in [-0.2, 0) is 19.3 Å². The third-order valence-corrected chi connectivity index (χ3v) is 5.11. The molecule has 7 heteroatoms. The standard InChI is InChI=1S/C24H21F3N2O2/c1-15-6-8-17(9-7-15)14-29-20-10-16(2)31-22(20)12-21(29)23(30)28-13-18-4-3-5-19(11-18)24(25,26)27/h3-12H,13-14H2,1-2H3,(H,28,30). The fraction of sp³-hybridized carbons (Fsp3) is 0.208. The monoisotopic (exact) mass is 426 g/mol. The summed E-state index contributed by atoms with van der Waals surface area (Å²) in [4.78, 5) is 12.9. The van der Waals surface area contributed by atoms with Gasteiger partial charge >= 0.3 is 6.18 Å². The topological polar surface area (TPSA) is 47.2 Å². The van der Waals surface area contributed by atoms with Crippen molar-refractivity contribution in [2.75, 3.05) is 0 Å². The first-order valence-electron chi connectivity index (χ1n) is 9.80. The molecule has 4 aromatic rings. The van der Waals surface area contributed by atoms with Crippen LogP contribution >= 0.6 is 0 Å². The molecule has 0 fully saturated rings. The van der Waals surface area contributed by atoms with Crippen LogP contribution in [0.1, 0.15) is 38.5 Å². The second-order valence-corrected chi connectivity index (χ2v) is 7.59. The zero-order valence-electron chi connectivity index (χ0n) is 17.1. The number of rotatable bonds is 5. The van der Waals surface area contributed by atoms with E-state index in [2.05, 4.69) is 5.32 Å². The van der Waals surface area contributed by atoms with Crippen LogP contribution in [0.2, 0.25) is 0 Å². The highest BCUT2D eigenvalue weighted by Crippen LogP contribution is 2.29. The minimum Gasteiger partial charge on any atom is -0.460 e. The van der Waals surface area contributed by atoms with Gasteiger partial charge in [0.2, 0.25) is 0 Å². The van der Waals surface area contributed by atoms with E-state index in [-0.39, 0.29) is 12.5 Å². The molecule has 2 aromatic heterocycles. The Kier molecular flexibility index (Phi) is 5.35. The van der Waals surface area contributed by atoms with Gasteiger partial charge in [0, 0.05) is 25.2 Å². The third kappa shape index (κ3) is 4.50. The predicted octanol–water partition coefficient (Wildman–Crippen LogP) is 5.85. The number of alkyl halides is 3. The van der Waals surface area contributed by atoms with Crippen molar-refractivity contribution in [1.29, 1.82) is 0 Å². The summed E-state index contributed by atoms with van der Waals surface area (Å²) >= 11 is 0. The molecule has 1 N–H and O–H groups in total. The number of fused-ring (bicyclic) bond motifs is 1. The molecule has 1 amide bonds. The number of nitrogens with one attached hydrogen (secondary N) is 1. The lowest BCUT2D eigenvalue weighted by Gasteiger charge is -2.12. The quantitative estimate of drug-likeness (QED) is 0.435. The van der Waals surface area contributed by atoms with Crippen molar-refractivity contribution in [2.45, 2.75) is 33.1 Å². The summed E-state index contributed by atoms with van der Waals surface area (Å²) in [6, 6.07) is 16.5. The molecular formula is C24H21F3N2O2. The number of carbonyl (C=O) groups is 1. The van der Waals surface area contributed by atoms with Gasteiger partial charge in [-0.2, -0.15) is 13.2 Å². The van der Waals surface area contributed by atoms with Gasteiger partial charge in [-0.25, -0.2) is 0 Å². The normalized spacial score (nSPS) is 11.8. The summed E-state index contributed by atoms with van der Waals surface area (Å²) < 4.78 is 46.3. The first-order chi connectivity index (χ1) is 14.7. The van der Waals surface area contributed by atoms with E-state index < -0.39 is 11.7 Å². The van der Waals surface area contributed by atoms with Crippen LogP contribution in [0.4, 0.5) is 13.2 Å². The maximum absolute atomic E-state index is 12.9. The van der Waals surface area contributed by atoms with Crippen LogP contribution in [0.3, 0.4) is 0 Å². The summed E-state index contributed by atoms with van der Waals surface area (Å²) in [5.41, 5.74) is 3.57. The van der Waals surface area contributed by atoms with Crippen molar-refractivity contribution in [3.63, 3.8) is 0 Å². The number of furan rings is 1. The Morgan fingerprint density at radius 2 is 1.74 bits per heavy atom. The molecule has 0 aliphatic rings. The van der Waals surface area contributed by atoms with Gasteiger partial charge in [-0.15, -0.1) is 0 Å². The average molecular weight is 426 g/mol. The predicted molar refractivity (Wildman–Crippen MR) is 112 cm³/mol. The second-order valence-electron chi connectivity index (χ2n) is 7.59. The van der Waals surface area contributed by atoms with Gasteiger partial charge in [-0.1, -0.05) is 42.0 Å². The zero-order valence-corrected chi connectivity index (χ0v) is 17.1. The molecule has 2 heterocycles. The maximum Gasteiger partial charge on any atom is 0.416 e. The van der Waals surface area contributed by atoms with Gasteiger partial charge in [0.15, 0.2) is 5.58 Å². The number of halogens is 3. The minimum absolute atomic E-state index is 0.0150. The van der Waals surface area contributed by atoms with E-state index in [0.717, 1.165) is 34.5 Å². The van der Waals surface area contributed by atoms with Crippen LogP contribution < -0.4 is 5.32 Å². The smallest absolute Gasteiger partial charge is 0.416 e. The molecule has 0 bridgehead atoms. The molecule has 0 saturated heterocycles. The van der Waals surface area contributed by atoms with E-state index in [0.29, 0.717) is 23.4 Å². The minimum atomic E-state index is -4.43. The van der Waals surface area contributed by atoms with Gasteiger partial charge in [0.05, 0.1) is 11.1 Å². The van der Waals surface area contributed by atoms with Crippen molar-refractivity contribution >= 4 is 17.0 Å². The Hall–Kier alpha value is -3.48. The number of hydrogen-bond donors (Lipinski definition) is 1. The molecule has 160 valence electrons. The highest BCUT2D eigenvalue weighted by atomic mass is 19.4. The molecule has 4 nitrogen and oxygen atoms in total. The number of hydrogen-bond acceptors (Lipinski definition) is 2. The fourth-order valence-electron chi connectivity index (χ4n) is 3.53. The van der Waals surface area contributed by atoms with Crippen LogP contribution in [0.5, 0.6) is 0 Å². The van der Waals surface area contributed by atoms with Crippen molar-refractivity contribution in [3.05, 3.63) is 94.4 Å². The van der Waals surface area contributed by atoms with Crippen LogP contribution in [0.25, 0.3) is 11.1 Å². The third-order valence-electron chi connectivity index (χ3n) is 5.11. The Balaban J connectivity index is 1.59. The molecule has 0 radical (unpaired) electrons. The van der Waals surface area contributed by atoms with E-state index in [4.69, 9.17) is 4.42 Å². The van der Waals surface area contributed by atoms with Crippen molar-refractivity contribution < 1.29 is 22.4 Å². The first-order valence-corrected chi connectivity index (χ1v) is 9.80. The Labute approximate surface area is 177 Å². The van der Waals surface area contributed by atoms with Gasteiger partial charge in [0.1, 0.15) is 11.5 Å². The lowest BCUT2D eigenvalue weighted by atomic mass is 10.1.